The van der Waals surface area contributed by atoms with Crippen LogP contribution in [-0.4, -0.2) is 72.8 Å². The lowest BCUT2D eigenvalue weighted by atomic mass is 10.1. The Morgan fingerprint density at radius 1 is 1.09 bits per heavy atom. The van der Waals surface area contributed by atoms with Crippen molar-refractivity contribution >= 4 is 17.8 Å². The normalized spacial score (nSPS) is 23.7. The number of amides is 2. The van der Waals surface area contributed by atoms with Gasteiger partial charge in [-0.3, -0.25) is 0 Å². The summed E-state index contributed by atoms with van der Waals surface area (Å²) in [6.07, 6.45) is 0.811. The van der Waals surface area contributed by atoms with Gasteiger partial charge in [0.15, 0.2) is 0 Å². The minimum atomic E-state index is -0.135. The highest BCUT2D eigenvalue weighted by atomic mass is 32.2. The van der Waals surface area contributed by atoms with E-state index in [9.17, 15) is 9.18 Å². The Hall–Kier alpha value is -1.27. The second-order valence-corrected chi connectivity index (χ2v) is 7.54. The van der Waals surface area contributed by atoms with Gasteiger partial charge in [-0.25, -0.2) is 9.18 Å². The molecule has 0 radical (unpaired) electrons. The Bertz CT molecular complexity index is 548. The lowest BCUT2D eigenvalue weighted by Gasteiger charge is -2.35. The first-order valence-electron chi connectivity index (χ1n) is 8.23. The third-order valence-corrected chi connectivity index (χ3v) is 5.95. The number of thioether (sulfide) groups is 1. The molecule has 6 heteroatoms. The molecule has 23 heavy (non-hydrogen) atoms. The van der Waals surface area contributed by atoms with E-state index in [0.29, 0.717) is 6.54 Å². The average molecular weight is 337 g/mol. The quantitative estimate of drug-likeness (QED) is 0.788. The van der Waals surface area contributed by atoms with Crippen LogP contribution >= 0.6 is 11.8 Å². The van der Waals surface area contributed by atoms with Gasteiger partial charge in [0, 0.05) is 55.8 Å². The molecule has 2 aliphatic heterocycles. The van der Waals surface area contributed by atoms with Gasteiger partial charge < -0.3 is 14.7 Å². The van der Waals surface area contributed by atoms with Gasteiger partial charge in [0.1, 0.15) is 5.82 Å². The number of carbonyl (C=O) groups excluding carboxylic acids is 1. The van der Waals surface area contributed by atoms with E-state index < -0.39 is 0 Å². The van der Waals surface area contributed by atoms with E-state index in [-0.39, 0.29) is 17.1 Å². The molecule has 0 unspecified atom stereocenters. The van der Waals surface area contributed by atoms with Crippen LogP contribution in [0.1, 0.15) is 17.2 Å². The van der Waals surface area contributed by atoms with Crippen LogP contribution in [0.3, 0.4) is 0 Å². The van der Waals surface area contributed by atoms with Gasteiger partial charge in [-0.2, -0.15) is 11.8 Å². The minimum Gasteiger partial charge on any atom is -0.324 e. The SMILES string of the molecule is CN1CCN(C(=O)N2CCS[C@@H](c3ccccc3F)CC2)CC1. The summed E-state index contributed by atoms with van der Waals surface area (Å²) in [4.78, 5) is 18.8. The van der Waals surface area contributed by atoms with E-state index in [1.54, 1.807) is 17.8 Å². The first kappa shape index (κ1) is 16.6. The van der Waals surface area contributed by atoms with Crippen LogP contribution in [0.5, 0.6) is 0 Å². The zero-order valence-electron chi connectivity index (χ0n) is 13.6. The zero-order valence-corrected chi connectivity index (χ0v) is 14.4. The molecule has 0 N–H and O–H groups in total. The van der Waals surface area contributed by atoms with Crippen molar-refractivity contribution in [2.75, 3.05) is 52.1 Å². The van der Waals surface area contributed by atoms with Crippen LogP contribution in [0.4, 0.5) is 9.18 Å². The topological polar surface area (TPSA) is 26.8 Å². The fraction of sp³-hybridized carbons (Fsp3) is 0.588. The van der Waals surface area contributed by atoms with Crippen LogP contribution < -0.4 is 0 Å². The molecule has 1 atom stereocenters. The minimum absolute atomic E-state index is 0.135. The molecular weight excluding hydrogens is 313 g/mol. The summed E-state index contributed by atoms with van der Waals surface area (Å²) in [5, 5.41) is 0.140. The Morgan fingerprint density at radius 2 is 1.78 bits per heavy atom. The van der Waals surface area contributed by atoms with Gasteiger partial charge in [-0.05, 0) is 19.5 Å². The maximum atomic E-state index is 14.0. The first-order chi connectivity index (χ1) is 11.1. The van der Waals surface area contributed by atoms with E-state index >= 15 is 0 Å². The molecular formula is C17H24FN3OS. The monoisotopic (exact) mass is 337 g/mol. The van der Waals surface area contributed by atoms with Crippen LogP contribution in [0, 0.1) is 5.82 Å². The van der Waals surface area contributed by atoms with Crippen molar-refractivity contribution in [1.29, 1.82) is 0 Å². The van der Waals surface area contributed by atoms with Crippen LogP contribution in [0.2, 0.25) is 0 Å². The molecule has 126 valence electrons. The van der Waals surface area contributed by atoms with E-state index in [4.69, 9.17) is 0 Å². The number of piperazine rings is 1. The van der Waals surface area contributed by atoms with E-state index in [1.165, 1.54) is 6.07 Å². The highest BCUT2D eigenvalue weighted by Gasteiger charge is 2.27. The molecule has 2 aliphatic rings. The zero-order chi connectivity index (χ0) is 16.2. The molecule has 0 bridgehead atoms. The first-order valence-corrected chi connectivity index (χ1v) is 9.28. The number of urea groups is 1. The third kappa shape index (κ3) is 3.98. The van der Waals surface area contributed by atoms with E-state index in [1.807, 2.05) is 21.9 Å². The Balaban J connectivity index is 1.60. The maximum absolute atomic E-state index is 14.0. The number of halogens is 1. The summed E-state index contributed by atoms with van der Waals surface area (Å²) in [6.45, 7) is 4.93. The van der Waals surface area contributed by atoms with E-state index in [0.717, 1.165) is 50.5 Å². The molecule has 0 aromatic heterocycles. The number of nitrogens with zero attached hydrogens (tertiary/aromatic N) is 3. The van der Waals surface area contributed by atoms with Gasteiger partial charge in [-0.15, -0.1) is 0 Å². The Labute approximate surface area is 141 Å². The number of likely N-dealkylation sites (N-methyl/N-ethyl adjacent to an activating group) is 1. The fourth-order valence-electron chi connectivity index (χ4n) is 3.14. The molecule has 0 saturated carbocycles. The number of benzene rings is 1. The summed E-state index contributed by atoms with van der Waals surface area (Å²) in [7, 11) is 2.09. The van der Waals surface area contributed by atoms with Crippen molar-refractivity contribution in [2.24, 2.45) is 0 Å². The Kier molecular flexibility index (Phi) is 5.43. The summed E-state index contributed by atoms with van der Waals surface area (Å²) >= 11 is 1.76. The molecule has 3 rings (SSSR count). The molecule has 2 fully saturated rings. The Morgan fingerprint density at radius 3 is 2.52 bits per heavy atom. The molecule has 0 aliphatic carbocycles. The number of hydrogen-bond donors (Lipinski definition) is 0. The molecule has 2 amide bonds. The summed E-state index contributed by atoms with van der Waals surface area (Å²) < 4.78 is 14.0. The average Bonchev–Trinajstić information content (AvgIpc) is 2.81. The summed E-state index contributed by atoms with van der Waals surface area (Å²) in [6, 6.07) is 7.15. The van der Waals surface area contributed by atoms with Crippen molar-refractivity contribution in [3.05, 3.63) is 35.6 Å². The second kappa shape index (κ2) is 7.53. The van der Waals surface area contributed by atoms with Crippen molar-refractivity contribution in [3.63, 3.8) is 0 Å². The van der Waals surface area contributed by atoms with Crippen LogP contribution in [0.15, 0.2) is 24.3 Å². The van der Waals surface area contributed by atoms with Gasteiger partial charge in [0.2, 0.25) is 0 Å². The molecule has 4 nitrogen and oxygen atoms in total. The standard InChI is InChI=1S/C17H24FN3OS/c1-19-8-10-21(11-9-19)17(22)20-7-6-16(23-13-12-20)14-4-2-3-5-15(14)18/h2-5,16H,6-13H2,1H3/t16-/m1/s1. The fourth-order valence-corrected chi connectivity index (χ4v) is 4.40. The van der Waals surface area contributed by atoms with Crippen molar-refractivity contribution < 1.29 is 9.18 Å². The predicted molar refractivity (Wildman–Crippen MR) is 92.3 cm³/mol. The smallest absolute Gasteiger partial charge is 0.320 e. The van der Waals surface area contributed by atoms with E-state index in [2.05, 4.69) is 11.9 Å². The maximum Gasteiger partial charge on any atom is 0.320 e. The summed E-state index contributed by atoms with van der Waals surface area (Å²) in [5.74, 6) is 0.724. The molecule has 2 saturated heterocycles. The molecule has 1 aromatic rings. The van der Waals surface area contributed by atoms with Crippen LogP contribution in [-0.2, 0) is 0 Å². The van der Waals surface area contributed by atoms with Crippen molar-refractivity contribution in [1.82, 2.24) is 14.7 Å². The predicted octanol–water partition coefficient (Wildman–Crippen LogP) is 2.67. The van der Waals surface area contributed by atoms with Crippen molar-refractivity contribution in [2.45, 2.75) is 11.7 Å². The molecule has 0 spiro atoms. The lowest BCUT2D eigenvalue weighted by Crippen LogP contribution is -2.52. The largest absolute Gasteiger partial charge is 0.324 e. The van der Waals surface area contributed by atoms with Crippen LogP contribution in [0.25, 0.3) is 0 Å². The van der Waals surface area contributed by atoms with Gasteiger partial charge in [-0.1, -0.05) is 18.2 Å². The lowest BCUT2D eigenvalue weighted by molar-refractivity contribution is 0.124. The van der Waals surface area contributed by atoms with Gasteiger partial charge in [0.05, 0.1) is 0 Å². The highest BCUT2D eigenvalue weighted by molar-refractivity contribution is 7.99. The second-order valence-electron chi connectivity index (χ2n) is 6.23. The number of carbonyl (C=O) groups is 1. The molecule has 1 aromatic carbocycles. The van der Waals surface area contributed by atoms with Gasteiger partial charge in [0.25, 0.3) is 0 Å². The van der Waals surface area contributed by atoms with Crippen molar-refractivity contribution in [3.8, 4) is 0 Å². The molecule has 2 heterocycles. The summed E-state index contributed by atoms with van der Waals surface area (Å²) in [5.41, 5.74) is 0.770. The van der Waals surface area contributed by atoms with Gasteiger partial charge >= 0.3 is 6.03 Å². The number of rotatable bonds is 1. The number of hydrogen-bond acceptors (Lipinski definition) is 3. The third-order valence-electron chi connectivity index (χ3n) is 4.64. The highest BCUT2D eigenvalue weighted by Crippen LogP contribution is 2.35.